The Morgan fingerprint density at radius 3 is 1.92 bits per heavy atom. The van der Waals surface area contributed by atoms with Crippen LogP contribution in [-0.2, 0) is 16.6 Å². The quantitative estimate of drug-likeness (QED) is 0.491. The lowest BCUT2D eigenvalue weighted by Crippen LogP contribution is -2.16. The molecule has 0 saturated carbocycles. The van der Waals surface area contributed by atoms with Gasteiger partial charge in [0.1, 0.15) is 0 Å². The van der Waals surface area contributed by atoms with Crippen LogP contribution in [-0.4, -0.2) is 24.0 Å². The fourth-order valence-electron chi connectivity index (χ4n) is 2.17. The molecule has 0 saturated heterocycles. The monoisotopic (exact) mass is 383 g/mol. The van der Waals surface area contributed by atoms with Crippen LogP contribution >= 0.6 is 0 Å². The Morgan fingerprint density at radius 1 is 0.960 bits per heavy atom. The Morgan fingerprint density at radius 2 is 1.44 bits per heavy atom. The number of nitrogens with zero attached hydrogens (tertiary/aromatic N) is 2. The number of hydrogen-bond donors (Lipinski definition) is 1. The minimum atomic E-state index is -3.63. The van der Waals surface area contributed by atoms with E-state index < -0.39 is 51.2 Å². The van der Waals surface area contributed by atoms with Gasteiger partial charge in [-0.05, 0) is 20.8 Å². The number of rotatable bonds is 5. The molecule has 11 heteroatoms. The Bertz CT molecular complexity index is 912. The van der Waals surface area contributed by atoms with Crippen molar-refractivity contribution < 1.29 is 30.4 Å². The SMILES string of the molecule is CCS(=O)(=O)Nc1c(C)nn(Cc2c(F)c(F)c(F)c(F)c2F)c1C. The summed E-state index contributed by atoms with van der Waals surface area (Å²) in [4.78, 5) is 0. The number of sulfonamides is 1. The third kappa shape index (κ3) is 3.46. The lowest BCUT2D eigenvalue weighted by Gasteiger charge is -2.10. The molecule has 1 N–H and O–H groups in total. The predicted molar refractivity (Wildman–Crippen MR) is 80.1 cm³/mol. The Labute approximate surface area is 140 Å². The second-order valence-corrected chi connectivity index (χ2v) is 7.27. The van der Waals surface area contributed by atoms with Crippen molar-refractivity contribution in [2.45, 2.75) is 27.3 Å². The second-order valence-electron chi connectivity index (χ2n) is 5.26. The summed E-state index contributed by atoms with van der Waals surface area (Å²) in [7, 11) is -3.63. The summed E-state index contributed by atoms with van der Waals surface area (Å²) in [5, 5.41) is 3.91. The fourth-order valence-corrected chi connectivity index (χ4v) is 2.92. The number of aryl methyl sites for hydroxylation is 1. The summed E-state index contributed by atoms with van der Waals surface area (Å²) in [6, 6.07) is 0. The zero-order valence-electron chi connectivity index (χ0n) is 13.4. The van der Waals surface area contributed by atoms with Crippen LogP contribution in [0.2, 0.25) is 0 Å². The minimum absolute atomic E-state index is 0.0886. The van der Waals surface area contributed by atoms with Crippen LogP contribution in [0.3, 0.4) is 0 Å². The molecule has 2 rings (SSSR count). The molecule has 1 aromatic carbocycles. The molecule has 2 aromatic rings. The molecule has 138 valence electrons. The molecule has 0 bridgehead atoms. The van der Waals surface area contributed by atoms with Gasteiger partial charge < -0.3 is 0 Å². The van der Waals surface area contributed by atoms with Crippen LogP contribution < -0.4 is 4.72 Å². The first kappa shape index (κ1) is 19.2. The van der Waals surface area contributed by atoms with Crippen molar-refractivity contribution in [2.75, 3.05) is 10.5 Å². The van der Waals surface area contributed by atoms with E-state index in [-0.39, 0.29) is 22.8 Å². The number of aromatic nitrogens is 2. The van der Waals surface area contributed by atoms with Gasteiger partial charge in [-0.15, -0.1) is 0 Å². The zero-order valence-corrected chi connectivity index (χ0v) is 14.2. The maximum atomic E-state index is 13.8. The van der Waals surface area contributed by atoms with Gasteiger partial charge >= 0.3 is 0 Å². The molecule has 0 fully saturated rings. The summed E-state index contributed by atoms with van der Waals surface area (Å²) >= 11 is 0. The van der Waals surface area contributed by atoms with Crippen molar-refractivity contribution >= 4 is 15.7 Å². The maximum Gasteiger partial charge on any atom is 0.232 e. The van der Waals surface area contributed by atoms with E-state index in [1.807, 2.05) is 0 Å². The van der Waals surface area contributed by atoms with Gasteiger partial charge in [-0.3, -0.25) is 9.40 Å². The summed E-state index contributed by atoms with van der Waals surface area (Å²) < 4.78 is 93.8. The highest BCUT2D eigenvalue weighted by Crippen LogP contribution is 2.26. The van der Waals surface area contributed by atoms with E-state index in [1.165, 1.54) is 20.8 Å². The van der Waals surface area contributed by atoms with E-state index in [0.29, 0.717) is 0 Å². The molecular weight excluding hydrogens is 369 g/mol. The summed E-state index contributed by atoms with van der Waals surface area (Å²) in [6.45, 7) is 3.49. The largest absolute Gasteiger partial charge is 0.280 e. The number of nitrogens with one attached hydrogen (secondary N) is 1. The van der Waals surface area contributed by atoms with Crippen molar-refractivity contribution in [1.29, 1.82) is 0 Å². The first-order valence-corrected chi connectivity index (χ1v) is 8.70. The smallest absolute Gasteiger partial charge is 0.232 e. The lowest BCUT2D eigenvalue weighted by atomic mass is 10.1. The van der Waals surface area contributed by atoms with E-state index >= 15 is 0 Å². The fraction of sp³-hybridized carbons (Fsp3) is 0.357. The first-order chi connectivity index (χ1) is 11.5. The molecule has 0 aliphatic carbocycles. The van der Waals surface area contributed by atoms with Gasteiger partial charge in [0.15, 0.2) is 23.3 Å². The minimum Gasteiger partial charge on any atom is -0.280 e. The van der Waals surface area contributed by atoms with E-state index in [0.717, 1.165) is 4.68 Å². The van der Waals surface area contributed by atoms with Gasteiger partial charge in [-0.1, -0.05) is 0 Å². The normalized spacial score (nSPS) is 11.8. The number of hydrogen-bond acceptors (Lipinski definition) is 3. The first-order valence-electron chi connectivity index (χ1n) is 7.05. The predicted octanol–water partition coefficient (Wildman–Crippen LogP) is 3.01. The molecule has 1 aromatic heterocycles. The summed E-state index contributed by atoms with van der Waals surface area (Å²) in [6.07, 6.45) is 0. The van der Waals surface area contributed by atoms with Crippen LogP contribution in [0.15, 0.2) is 0 Å². The molecule has 1 heterocycles. The average molecular weight is 383 g/mol. The van der Waals surface area contributed by atoms with E-state index in [2.05, 4.69) is 9.82 Å². The van der Waals surface area contributed by atoms with Crippen molar-refractivity contribution in [3.05, 3.63) is 46.0 Å². The van der Waals surface area contributed by atoms with Crippen LogP contribution in [0.4, 0.5) is 27.6 Å². The summed E-state index contributed by atoms with van der Waals surface area (Å²) in [5.41, 5.74) is -0.616. The Hall–Kier alpha value is -2.17. The molecule has 5 nitrogen and oxygen atoms in total. The van der Waals surface area contributed by atoms with Gasteiger partial charge in [-0.2, -0.15) is 5.10 Å². The molecule has 0 spiro atoms. The lowest BCUT2D eigenvalue weighted by molar-refractivity contribution is 0.366. The molecular formula is C14H14F5N3O2S. The van der Waals surface area contributed by atoms with Gasteiger partial charge in [0.05, 0.1) is 34.9 Å². The topological polar surface area (TPSA) is 64.0 Å². The number of benzene rings is 1. The van der Waals surface area contributed by atoms with Gasteiger partial charge in [0.2, 0.25) is 15.8 Å². The Kier molecular flexibility index (Phi) is 5.07. The highest BCUT2D eigenvalue weighted by molar-refractivity contribution is 7.92. The second kappa shape index (κ2) is 6.62. The van der Waals surface area contributed by atoms with Gasteiger partial charge in [0, 0.05) is 0 Å². The van der Waals surface area contributed by atoms with Gasteiger partial charge in [-0.25, -0.2) is 30.4 Å². The number of anilines is 1. The van der Waals surface area contributed by atoms with E-state index in [9.17, 15) is 30.4 Å². The molecule has 0 aliphatic heterocycles. The van der Waals surface area contributed by atoms with E-state index in [1.54, 1.807) is 0 Å². The molecule has 25 heavy (non-hydrogen) atoms. The number of halogens is 5. The summed E-state index contributed by atoms with van der Waals surface area (Å²) in [5.74, 6) is -10.5. The van der Waals surface area contributed by atoms with Crippen LogP contribution in [0.1, 0.15) is 23.9 Å². The van der Waals surface area contributed by atoms with Gasteiger partial charge in [0.25, 0.3) is 0 Å². The van der Waals surface area contributed by atoms with Crippen LogP contribution in [0.25, 0.3) is 0 Å². The standard InChI is InChI=1S/C14H14F5N3O2S/c1-4-25(23,24)21-14-6(2)20-22(7(14)3)5-8-9(15)11(17)13(19)12(18)10(8)16/h21H,4-5H2,1-3H3. The van der Waals surface area contributed by atoms with Crippen molar-refractivity contribution in [2.24, 2.45) is 0 Å². The highest BCUT2D eigenvalue weighted by Gasteiger charge is 2.27. The highest BCUT2D eigenvalue weighted by atomic mass is 32.2. The molecule has 0 amide bonds. The van der Waals surface area contributed by atoms with Crippen LogP contribution in [0, 0.1) is 42.9 Å². The zero-order chi connectivity index (χ0) is 19.1. The van der Waals surface area contributed by atoms with Crippen LogP contribution in [0.5, 0.6) is 0 Å². The average Bonchev–Trinajstić information content (AvgIpc) is 2.82. The molecule has 0 atom stereocenters. The Balaban J connectivity index is 2.50. The van der Waals surface area contributed by atoms with Crippen molar-refractivity contribution in [1.82, 2.24) is 9.78 Å². The third-order valence-corrected chi connectivity index (χ3v) is 4.90. The maximum absolute atomic E-state index is 13.8. The van der Waals surface area contributed by atoms with Crippen molar-refractivity contribution in [3.8, 4) is 0 Å². The molecule has 0 unspecified atom stereocenters. The molecule has 0 aliphatic rings. The molecule has 0 radical (unpaired) electrons. The third-order valence-electron chi connectivity index (χ3n) is 3.63. The van der Waals surface area contributed by atoms with E-state index in [4.69, 9.17) is 0 Å². The van der Waals surface area contributed by atoms with Crippen molar-refractivity contribution in [3.63, 3.8) is 0 Å².